The maximum absolute atomic E-state index is 11.1. The second kappa shape index (κ2) is 7.63. The van der Waals surface area contributed by atoms with E-state index in [1.165, 1.54) is 7.11 Å². The molecule has 1 heterocycles. The summed E-state index contributed by atoms with van der Waals surface area (Å²) in [6.07, 6.45) is 2.37. The molecule has 0 aliphatic carbocycles. The highest BCUT2D eigenvalue weighted by molar-refractivity contribution is 5.69. The van der Waals surface area contributed by atoms with Crippen LogP contribution in [0.1, 0.15) is 26.2 Å². The molecule has 5 heteroatoms. The van der Waals surface area contributed by atoms with Crippen LogP contribution in [0.25, 0.3) is 0 Å². The lowest BCUT2D eigenvalue weighted by atomic mass is 10.2. The van der Waals surface area contributed by atoms with E-state index in [4.69, 9.17) is 4.74 Å². The van der Waals surface area contributed by atoms with Crippen LogP contribution in [-0.2, 0) is 14.3 Å². The summed E-state index contributed by atoms with van der Waals surface area (Å²) in [5, 5.41) is 9.42. The molecular formula is C12H23NO4. The van der Waals surface area contributed by atoms with Crippen molar-refractivity contribution >= 4 is 5.97 Å². The van der Waals surface area contributed by atoms with Gasteiger partial charge in [-0.25, -0.2) is 0 Å². The van der Waals surface area contributed by atoms with Gasteiger partial charge in [-0.15, -0.1) is 0 Å². The summed E-state index contributed by atoms with van der Waals surface area (Å²) in [6, 6.07) is 0. The van der Waals surface area contributed by atoms with Crippen molar-refractivity contribution in [3.05, 3.63) is 0 Å². The van der Waals surface area contributed by atoms with Crippen LogP contribution in [0, 0.1) is 0 Å². The summed E-state index contributed by atoms with van der Waals surface area (Å²) in [5.74, 6) is -0.215. The molecule has 1 aliphatic rings. The standard InChI is InChI=1S/C12H23NO4/c1-10(14)8-13(6-5-12(15)16-2)9-11-4-3-7-17-11/h10-11,14H,3-9H2,1-2H3. The topological polar surface area (TPSA) is 59.0 Å². The van der Waals surface area contributed by atoms with E-state index in [0.717, 1.165) is 26.0 Å². The number of aliphatic hydroxyl groups is 1. The average Bonchev–Trinajstić information content (AvgIpc) is 2.77. The predicted molar refractivity (Wildman–Crippen MR) is 63.7 cm³/mol. The minimum absolute atomic E-state index is 0.215. The van der Waals surface area contributed by atoms with Gasteiger partial charge in [0, 0.05) is 26.2 Å². The van der Waals surface area contributed by atoms with Crippen LogP contribution in [0.2, 0.25) is 0 Å². The fourth-order valence-electron chi connectivity index (χ4n) is 2.06. The first-order valence-corrected chi connectivity index (χ1v) is 6.20. The van der Waals surface area contributed by atoms with Gasteiger partial charge in [0.15, 0.2) is 0 Å². The fourth-order valence-corrected chi connectivity index (χ4v) is 2.06. The first-order valence-electron chi connectivity index (χ1n) is 6.20. The van der Waals surface area contributed by atoms with Gasteiger partial charge in [-0.05, 0) is 19.8 Å². The molecule has 0 amide bonds. The van der Waals surface area contributed by atoms with Crippen molar-refractivity contribution in [3.63, 3.8) is 0 Å². The summed E-state index contributed by atoms with van der Waals surface area (Å²) in [5.41, 5.74) is 0. The number of hydrogen-bond donors (Lipinski definition) is 1. The number of carbonyl (C=O) groups excluding carboxylic acids is 1. The Morgan fingerprint density at radius 1 is 1.65 bits per heavy atom. The molecule has 17 heavy (non-hydrogen) atoms. The molecule has 0 spiro atoms. The lowest BCUT2D eigenvalue weighted by Gasteiger charge is -2.25. The van der Waals surface area contributed by atoms with Gasteiger partial charge in [-0.2, -0.15) is 0 Å². The van der Waals surface area contributed by atoms with E-state index >= 15 is 0 Å². The maximum Gasteiger partial charge on any atom is 0.306 e. The van der Waals surface area contributed by atoms with Crippen LogP contribution in [0.4, 0.5) is 0 Å². The minimum Gasteiger partial charge on any atom is -0.469 e. The van der Waals surface area contributed by atoms with E-state index in [1.54, 1.807) is 6.92 Å². The molecule has 0 aromatic carbocycles. The van der Waals surface area contributed by atoms with Gasteiger partial charge in [0.05, 0.1) is 25.7 Å². The van der Waals surface area contributed by atoms with Gasteiger partial charge in [0.1, 0.15) is 0 Å². The third-order valence-electron chi connectivity index (χ3n) is 2.87. The molecule has 1 rings (SSSR count). The number of aliphatic hydroxyl groups excluding tert-OH is 1. The van der Waals surface area contributed by atoms with Crippen molar-refractivity contribution in [1.82, 2.24) is 4.90 Å². The van der Waals surface area contributed by atoms with Crippen molar-refractivity contribution in [2.24, 2.45) is 0 Å². The highest BCUT2D eigenvalue weighted by Crippen LogP contribution is 2.13. The zero-order chi connectivity index (χ0) is 12.7. The van der Waals surface area contributed by atoms with Crippen LogP contribution in [0.5, 0.6) is 0 Å². The molecule has 100 valence electrons. The zero-order valence-electron chi connectivity index (χ0n) is 10.7. The molecule has 5 nitrogen and oxygen atoms in total. The number of methoxy groups -OCH3 is 1. The molecule has 1 N–H and O–H groups in total. The van der Waals surface area contributed by atoms with Crippen molar-refractivity contribution in [2.75, 3.05) is 33.4 Å². The molecule has 0 radical (unpaired) electrons. The van der Waals surface area contributed by atoms with Gasteiger partial charge in [0.25, 0.3) is 0 Å². The smallest absolute Gasteiger partial charge is 0.306 e. The molecule has 1 fully saturated rings. The fraction of sp³-hybridized carbons (Fsp3) is 0.917. The second-order valence-electron chi connectivity index (χ2n) is 4.57. The lowest BCUT2D eigenvalue weighted by Crippen LogP contribution is -2.38. The third kappa shape index (κ3) is 6.00. The summed E-state index contributed by atoms with van der Waals surface area (Å²) in [6.45, 7) is 4.53. The number of hydrogen-bond acceptors (Lipinski definition) is 5. The van der Waals surface area contributed by atoms with Gasteiger partial charge in [0.2, 0.25) is 0 Å². The molecule has 0 saturated carbocycles. The molecule has 2 unspecified atom stereocenters. The number of carbonyl (C=O) groups is 1. The molecule has 1 saturated heterocycles. The highest BCUT2D eigenvalue weighted by atomic mass is 16.5. The Labute approximate surface area is 103 Å². The van der Waals surface area contributed by atoms with E-state index in [0.29, 0.717) is 19.5 Å². The number of ether oxygens (including phenoxy) is 2. The Bertz CT molecular complexity index is 227. The molecule has 0 aromatic heterocycles. The van der Waals surface area contributed by atoms with Crippen LogP contribution in [0.3, 0.4) is 0 Å². The normalized spacial score (nSPS) is 21.8. The Balaban J connectivity index is 2.33. The SMILES string of the molecule is COC(=O)CCN(CC(C)O)CC1CCCO1. The molecular weight excluding hydrogens is 222 g/mol. The monoisotopic (exact) mass is 245 g/mol. The van der Waals surface area contributed by atoms with Crippen LogP contribution in [-0.4, -0.2) is 61.5 Å². The Kier molecular flexibility index (Phi) is 6.47. The van der Waals surface area contributed by atoms with Crippen LogP contribution in [0.15, 0.2) is 0 Å². The number of rotatable bonds is 7. The van der Waals surface area contributed by atoms with E-state index in [1.807, 2.05) is 0 Å². The largest absolute Gasteiger partial charge is 0.469 e. The summed E-state index contributed by atoms with van der Waals surface area (Å²) >= 11 is 0. The van der Waals surface area contributed by atoms with Crippen LogP contribution < -0.4 is 0 Å². The number of nitrogens with zero attached hydrogens (tertiary/aromatic N) is 1. The Hall–Kier alpha value is -0.650. The van der Waals surface area contributed by atoms with Gasteiger partial charge in [-0.3, -0.25) is 9.69 Å². The van der Waals surface area contributed by atoms with Gasteiger partial charge >= 0.3 is 5.97 Å². The summed E-state index contributed by atoms with van der Waals surface area (Å²) in [4.78, 5) is 13.2. The Morgan fingerprint density at radius 2 is 2.41 bits per heavy atom. The first kappa shape index (κ1) is 14.4. The molecule has 2 atom stereocenters. The number of esters is 1. The first-order chi connectivity index (χ1) is 8.11. The molecule has 0 aromatic rings. The van der Waals surface area contributed by atoms with E-state index < -0.39 is 6.10 Å². The summed E-state index contributed by atoms with van der Waals surface area (Å²) in [7, 11) is 1.39. The second-order valence-corrected chi connectivity index (χ2v) is 4.57. The minimum atomic E-state index is -0.394. The average molecular weight is 245 g/mol. The van der Waals surface area contributed by atoms with Crippen molar-refractivity contribution in [3.8, 4) is 0 Å². The van der Waals surface area contributed by atoms with Gasteiger partial charge in [-0.1, -0.05) is 0 Å². The highest BCUT2D eigenvalue weighted by Gasteiger charge is 2.20. The van der Waals surface area contributed by atoms with E-state index in [2.05, 4.69) is 9.64 Å². The van der Waals surface area contributed by atoms with Crippen molar-refractivity contribution in [1.29, 1.82) is 0 Å². The maximum atomic E-state index is 11.1. The Morgan fingerprint density at radius 3 is 2.94 bits per heavy atom. The van der Waals surface area contributed by atoms with Gasteiger partial charge < -0.3 is 14.6 Å². The quantitative estimate of drug-likeness (QED) is 0.658. The zero-order valence-corrected chi connectivity index (χ0v) is 10.7. The summed E-state index contributed by atoms with van der Waals surface area (Å²) < 4.78 is 10.2. The van der Waals surface area contributed by atoms with Crippen LogP contribution >= 0.6 is 0 Å². The van der Waals surface area contributed by atoms with E-state index in [-0.39, 0.29) is 12.1 Å². The van der Waals surface area contributed by atoms with Crippen molar-refractivity contribution < 1.29 is 19.4 Å². The third-order valence-corrected chi connectivity index (χ3v) is 2.87. The molecule has 1 aliphatic heterocycles. The lowest BCUT2D eigenvalue weighted by molar-refractivity contribution is -0.141. The predicted octanol–water partition coefficient (Wildman–Crippen LogP) is 0.411. The van der Waals surface area contributed by atoms with E-state index in [9.17, 15) is 9.90 Å². The molecule has 0 bridgehead atoms. The van der Waals surface area contributed by atoms with Crippen molar-refractivity contribution in [2.45, 2.75) is 38.4 Å².